The van der Waals surface area contributed by atoms with Gasteiger partial charge in [0.2, 0.25) is 11.8 Å². The quantitative estimate of drug-likeness (QED) is 0.388. The lowest BCUT2D eigenvalue weighted by Crippen LogP contribution is -2.56. The molecule has 3 heterocycles. The van der Waals surface area contributed by atoms with Gasteiger partial charge in [0.25, 0.3) is 0 Å². The molecule has 40 heavy (non-hydrogen) atoms. The highest BCUT2D eigenvalue weighted by molar-refractivity contribution is 8.01. The van der Waals surface area contributed by atoms with Gasteiger partial charge in [-0.05, 0) is 61.7 Å². The third kappa shape index (κ3) is 4.99. The van der Waals surface area contributed by atoms with E-state index in [1.807, 2.05) is 61.5 Å². The van der Waals surface area contributed by atoms with Gasteiger partial charge in [0.05, 0.1) is 17.4 Å². The van der Waals surface area contributed by atoms with Gasteiger partial charge in [-0.1, -0.05) is 42.8 Å². The van der Waals surface area contributed by atoms with Gasteiger partial charge in [0, 0.05) is 30.8 Å². The van der Waals surface area contributed by atoms with Gasteiger partial charge < -0.3 is 20.7 Å². The molecule has 0 bridgehead atoms. The van der Waals surface area contributed by atoms with Crippen molar-refractivity contribution in [2.45, 2.75) is 67.9 Å². The molecule has 0 radical (unpaired) electrons. The number of aryl methyl sites for hydroxylation is 1. The number of para-hydroxylation sites is 1. The lowest BCUT2D eigenvalue weighted by molar-refractivity contribution is -0.124. The van der Waals surface area contributed by atoms with Gasteiger partial charge in [-0.25, -0.2) is 9.78 Å². The van der Waals surface area contributed by atoms with Crippen molar-refractivity contribution in [3.63, 3.8) is 0 Å². The van der Waals surface area contributed by atoms with E-state index >= 15 is 0 Å². The number of nitrogens with zero attached hydrogens (tertiary/aromatic N) is 2. The summed E-state index contributed by atoms with van der Waals surface area (Å²) in [7, 11) is 0. The fourth-order valence-corrected chi connectivity index (χ4v) is 7.07. The topological polar surface area (TPSA) is 113 Å². The Bertz CT molecular complexity index is 1470. The Labute approximate surface area is 237 Å². The number of aromatic nitrogens is 1. The van der Waals surface area contributed by atoms with Crippen LogP contribution in [0.25, 0.3) is 0 Å². The van der Waals surface area contributed by atoms with Crippen LogP contribution >= 0.6 is 11.8 Å². The second kappa shape index (κ2) is 10.8. The molecule has 206 valence electrons. The van der Waals surface area contributed by atoms with Crippen molar-refractivity contribution in [1.82, 2.24) is 20.9 Å². The van der Waals surface area contributed by atoms with Crippen LogP contribution in [0.2, 0.25) is 0 Å². The molecule has 3 aliphatic rings. The van der Waals surface area contributed by atoms with Crippen molar-refractivity contribution in [2.24, 2.45) is 0 Å². The van der Waals surface area contributed by atoms with Crippen LogP contribution in [-0.4, -0.2) is 40.2 Å². The number of ether oxygens (including phenoxy) is 1. The minimum absolute atomic E-state index is 0.0917. The van der Waals surface area contributed by atoms with Crippen LogP contribution in [0.15, 0.2) is 65.8 Å². The Kier molecular flexibility index (Phi) is 7.10. The number of carbonyl (C=O) groups is 3. The van der Waals surface area contributed by atoms with Crippen LogP contribution in [0.4, 0.5) is 16.2 Å². The molecule has 10 heteroatoms. The van der Waals surface area contributed by atoms with E-state index in [1.165, 1.54) is 18.7 Å². The van der Waals surface area contributed by atoms with Crippen molar-refractivity contribution in [1.29, 1.82) is 0 Å². The van der Waals surface area contributed by atoms with Crippen LogP contribution in [0.1, 0.15) is 49.8 Å². The van der Waals surface area contributed by atoms with Crippen LogP contribution in [0, 0.1) is 6.92 Å². The Balaban J connectivity index is 1.24. The molecule has 1 aliphatic carbocycles. The third-order valence-electron chi connectivity index (χ3n) is 7.63. The Morgan fingerprint density at radius 1 is 1.00 bits per heavy atom. The van der Waals surface area contributed by atoms with Crippen molar-refractivity contribution < 1.29 is 19.1 Å². The predicted molar refractivity (Wildman–Crippen MR) is 153 cm³/mol. The molecule has 4 atom stereocenters. The van der Waals surface area contributed by atoms with E-state index in [0.717, 1.165) is 59.0 Å². The van der Waals surface area contributed by atoms with Crippen LogP contribution in [0.3, 0.4) is 0 Å². The molecule has 2 unspecified atom stereocenters. The van der Waals surface area contributed by atoms with Crippen LogP contribution < -0.4 is 25.6 Å². The average Bonchev–Trinajstić information content (AvgIpc) is 3.30. The van der Waals surface area contributed by atoms with Crippen molar-refractivity contribution in [2.75, 3.05) is 4.90 Å². The first-order valence-electron chi connectivity index (χ1n) is 13.6. The van der Waals surface area contributed by atoms with Gasteiger partial charge in [-0.3, -0.25) is 14.5 Å². The standard InChI is InChI=1S/C30H31N5O4S/c1-17-16-20(39-19-8-4-3-5-9-19)12-13-23(17)35-24-14-15-31-29-25(24)26(34-30(35)38)27(40-29)28(37)33-22-11-7-6-10-21(22)32-18(2)36/h3-5,8-9,12-16,21-22,26-27H,6-7,10-11H2,1-2H3,(H,32,36)(H,33,37)(H,34,38)/t21-,22+,26?,27?/m1/s1. The predicted octanol–water partition coefficient (Wildman–Crippen LogP) is 5.12. The number of carbonyl (C=O) groups excluding carboxylic acids is 3. The van der Waals surface area contributed by atoms with Gasteiger partial charge in [-0.2, -0.15) is 0 Å². The van der Waals surface area contributed by atoms with Crippen molar-refractivity contribution >= 4 is 41.0 Å². The molecule has 1 saturated carbocycles. The summed E-state index contributed by atoms with van der Waals surface area (Å²) >= 11 is 1.37. The van der Waals surface area contributed by atoms with Crippen LogP contribution in [0.5, 0.6) is 11.5 Å². The van der Waals surface area contributed by atoms with Gasteiger partial charge >= 0.3 is 6.03 Å². The lowest BCUT2D eigenvalue weighted by Gasteiger charge is -2.36. The molecule has 6 rings (SSSR count). The third-order valence-corrected chi connectivity index (χ3v) is 8.92. The van der Waals surface area contributed by atoms with E-state index in [9.17, 15) is 14.4 Å². The first-order chi connectivity index (χ1) is 19.4. The summed E-state index contributed by atoms with van der Waals surface area (Å²) in [5.41, 5.74) is 3.16. The van der Waals surface area contributed by atoms with Gasteiger partial charge in [-0.15, -0.1) is 0 Å². The molecule has 3 aromatic rings. The van der Waals surface area contributed by atoms with E-state index in [0.29, 0.717) is 5.75 Å². The number of rotatable bonds is 6. The fourth-order valence-electron chi connectivity index (χ4n) is 5.83. The highest BCUT2D eigenvalue weighted by Crippen LogP contribution is 2.51. The highest BCUT2D eigenvalue weighted by atomic mass is 32.2. The number of hydrogen-bond donors (Lipinski definition) is 3. The minimum atomic E-state index is -0.558. The molecule has 3 N–H and O–H groups in total. The molecule has 2 aromatic carbocycles. The average molecular weight is 558 g/mol. The minimum Gasteiger partial charge on any atom is -0.457 e. The largest absolute Gasteiger partial charge is 0.457 e. The monoisotopic (exact) mass is 557 g/mol. The SMILES string of the molecule is CC(=O)N[C@@H]1CCCC[C@@H]1NC(=O)C1Sc2nccc3c2C1NC(=O)N3c1ccc(Oc2ccccc2)cc1C. The van der Waals surface area contributed by atoms with E-state index in [2.05, 4.69) is 20.9 Å². The zero-order chi connectivity index (χ0) is 27.8. The van der Waals surface area contributed by atoms with Crippen molar-refractivity contribution in [3.8, 4) is 11.5 Å². The maximum absolute atomic E-state index is 13.6. The van der Waals surface area contributed by atoms with E-state index in [1.54, 1.807) is 11.1 Å². The number of urea groups is 1. The zero-order valence-corrected chi connectivity index (χ0v) is 23.2. The summed E-state index contributed by atoms with van der Waals surface area (Å²) in [6, 6.07) is 15.9. The maximum Gasteiger partial charge on any atom is 0.327 e. The first-order valence-corrected chi connectivity index (χ1v) is 14.4. The summed E-state index contributed by atoms with van der Waals surface area (Å²) in [6.45, 7) is 3.44. The summed E-state index contributed by atoms with van der Waals surface area (Å²) in [6.07, 6.45) is 5.33. The molecular formula is C30H31N5O4S. The maximum atomic E-state index is 13.6. The normalized spacial score (nSPS) is 23.1. The molecule has 0 saturated heterocycles. The fraction of sp³-hybridized carbons (Fsp3) is 0.333. The number of anilines is 2. The Morgan fingerprint density at radius 2 is 1.75 bits per heavy atom. The zero-order valence-electron chi connectivity index (χ0n) is 22.3. The van der Waals surface area contributed by atoms with E-state index < -0.39 is 11.3 Å². The summed E-state index contributed by atoms with van der Waals surface area (Å²) in [4.78, 5) is 45.1. The van der Waals surface area contributed by atoms with E-state index in [-0.39, 0.29) is 29.9 Å². The number of pyridine rings is 1. The highest BCUT2D eigenvalue weighted by Gasteiger charge is 2.47. The summed E-state index contributed by atoms with van der Waals surface area (Å²) < 4.78 is 5.98. The van der Waals surface area contributed by atoms with Crippen LogP contribution in [-0.2, 0) is 9.59 Å². The Hall–Kier alpha value is -4.05. The molecular weight excluding hydrogens is 526 g/mol. The number of thioether (sulfide) groups is 1. The molecule has 1 fully saturated rings. The Morgan fingerprint density at radius 3 is 2.48 bits per heavy atom. The lowest BCUT2D eigenvalue weighted by atomic mass is 9.89. The summed E-state index contributed by atoms with van der Waals surface area (Å²) in [5.74, 6) is 1.15. The second-order valence-electron chi connectivity index (χ2n) is 10.4. The van der Waals surface area contributed by atoms with Crippen molar-refractivity contribution in [3.05, 3.63) is 71.9 Å². The number of hydrogen-bond acceptors (Lipinski definition) is 6. The number of amides is 4. The number of benzene rings is 2. The van der Waals surface area contributed by atoms with Gasteiger partial charge in [0.1, 0.15) is 21.8 Å². The molecule has 9 nitrogen and oxygen atoms in total. The summed E-state index contributed by atoms with van der Waals surface area (Å²) in [5, 5.41) is 9.41. The van der Waals surface area contributed by atoms with E-state index in [4.69, 9.17) is 4.74 Å². The first kappa shape index (κ1) is 26.2. The molecule has 1 aromatic heterocycles. The number of nitrogens with one attached hydrogen (secondary N) is 3. The molecule has 0 spiro atoms. The second-order valence-corrected chi connectivity index (χ2v) is 11.6. The van der Waals surface area contributed by atoms with Gasteiger partial charge in [0.15, 0.2) is 0 Å². The molecule has 2 aliphatic heterocycles. The molecule has 4 amide bonds. The smallest absolute Gasteiger partial charge is 0.327 e.